The lowest BCUT2D eigenvalue weighted by Gasteiger charge is -2.29. The Balaban J connectivity index is 0.000000225. The number of carbonyl (C=O) groups excluding carboxylic acids is 3. The third-order valence-corrected chi connectivity index (χ3v) is 15.6. The van der Waals surface area contributed by atoms with Gasteiger partial charge in [0.25, 0.3) is 0 Å². The molecule has 1 aliphatic heterocycles. The maximum Gasteiger partial charge on any atom is 0.321 e. The molecule has 2 aliphatic carbocycles. The summed E-state index contributed by atoms with van der Waals surface area (Å²) in [6.07, 6.45) is 7.82. The number of anilines is 2. The molecule has 0 radical (unpaired) electrons. The van der Waals surface area contributed by atoms with Crippen molar-refractivity contribution in [3.63, 3.8) is 0 Å². The van der Waals surface area contributed by atoms with Crippen molar-refractivity contribution in [2.45, 2.75) is 118 Å². The number of nitrogens with one attached hydrogen (secondary N) is 5. The van der Waals surface area contributed by atoms with Crippen molar-refractivity contribution in [1.29, 1.82) is 0 Å². The highest BCUT2D eigenvalue weighted by molar-refractivity contribution is 7.89. The van der Waals surface area contributed by atoms with Gasteiger partial charge in [0.1, 0.15) is 11.6 Å². The number of piperidine rings is 1. The zero-order valence-corrected chi connectivity index (χ0v) is 39.0. The topological polar surface area (TPSA) is 209 Å². The van der Waals surface area contributed by atoms with E-state index in [1.165, 1.54) is 48.5 Å². The van der Waals surface area contributed by atoms with Gasteiger partial charge in [-0.3, -0.25) is 9.59 Å². The summed E-state index contributed by atoms with van der Waals surface area (Å²) in [5.74, 6) is -1.10. The molecular weight excluding hydrogens is 889 g/mol. The minimum Gasteiger partial charge on any atom is -0.399 e. The summed E-state index contributed by atoms with van der Waals surface area (Å²) in [5.41, 5.74) is 8.33. The van der Waals surface area contributed by atoms with Gasteiger partial charge in [-0.2, -0.15) is 0 Å². The molecule has 4 amide bonds. The fourth-order valence-corrected chi connectivity index (χ4v) is 11.1. The highest BCUT2D eigenvalue weighted by Gasteiger charge is 2.31. The van der Waals surface area contributed by atoms with Crippen molar-refractivity contribution in [3.05, 3.63) is 120 Å². The van der Waals surface area contributed by atoms with Crippen LogP contribution in [0.2, 0.25) is 0 Å². The lowest BCUT2D eigenvalue weighted by Crippen LogP contribution is -2.41. The quantitative estimate of drug-likeness (QED) is 0.0731. The van der Waals surface area contributed by atoms with Crippen LogP contribution in [-0.4, -0.2) is 64.8 Å². The van der Waals surface area contributed by atoms with Crippen LogP contribution in [0.1, 0.15) is 108 Å². The lowest BCUT2D eigenvalue weighted by molar-refractivity contribution is -0.127. The molecule has 2 saturated carbocycles. The van der Waals surface area contributed by atoms with Crippen LogP contribution in [0.5, 0.6) is 0 Å². The van der Waals surface area contributed by atoms with Crippen molar-refractivity contribution >= 4 is 49.3 Å². The van der Waals surface area contributed by atoms with E-state index >= 15 is 0 Å². The second-order valence-corrected chi connectivity index (χ2v) is 20.9. The average molecular weight is 950 g/mol. The van der Waals surface area contributed by atoms with E-state index in [0.717, 1.165) is 43.5 Å². The van der Waals surface area contributed by atoms with E-state index in [9.17, 15) is 40.0 Å². The zero-order valence-electron chi connectivity index (χ0n) is 37.3. The number of rotatable bonds is 13. The Bertz CT molecular complexity index is 2460. The molecular formula is C48H61F2N7O7S2. The number of nitrogens with zero attached hydrogens (tertiary/aromatic N) is 1. The van der Waals surface area contributed by atoms with Gasteiger partial charge in [0.15, 0.2) is 0 Å². The number of benzene rings is 4. The van der Waals surface area contributed by atoms with Crippen LogP contribution in [0.3, 0.4) is 0 Å². The number of nitrogens with two attached hydrogens (primary N) is 1. The minimum atomic E-state index is -3.73. The van der Waals surface area contributed by atoms with Crippen LogP contribution in [0.15, 0.2) is 107 Å². The number of carbonyl (C=O) groups is 3. The van der Waals surface area contributed by atoms with E-state index in [4.69, 9.17) is 5.73 Å². The molecule has 0 aromatic heterocycles. The first kappa shape index (κ1) is 50.0. The Kier molecular flexibility index (Phi) is 17.3. The lowest BCUT2D eigenvalue weighted by atomic mass is 9.85. The van der Waals surface area contributed by atoms with Gasteiger partial charge in [-0.05, 0) is 168 Å². The van der Waals surface area contributed by atoms with Crippen LogP contribution in [0, 0.1) is 23.5 Å². The van der Waals surface area contributed by atoms with Gasteiger partial charge < -0.3 is 26.6 Å². The summed E-state index contributed by atoms with van der Waals surface area (Å²) in [5, 5.41) is 8.78. The molecule has 7 N–H and O–H groups in total. The number of amides is 4. The molecule has 14 nitrogen and oxygen atoms in total. The first-order valence-electron chi connectivity index (χ1n) is 22.6. The monoisotopic (exact) mass is 949 g/mol. The molecule has 2 atom stereocenters. The van der Waals surface area contributed by atoms with Crippen molar-refractivity contribution in [1.82, 2.24) is 25.0 Å². The Morgan fingerprint density at radius 2 is 0.939 bits per heavy atom. The van der Waals surface area contributed by atoms with Gasteiger partial charge in [-0.25, -0.2) is 39.9 Å². The van der Waals surface area contributed by atoms with Crippen LogP contribution in [0.4, 0.5) is 25.0 Å². The molecule has 1 heterocycles. The summed E-state index contributed by atoms with van der Waals surface area (Å²) in [6, 6.07) is 23.3. The van der Waals surface area contributed by atoms with Gasteiger partial charge in [-0.15, -0.1) is 0 Å². The number of urea groups is 1. The summed E-state index contributed by atoms with van der Waals surface area (Å²) in [4.78, 5) is 39.7. The van der Waals surface area contributed by atoms with E-state index in [1.54, 1.807) is 53.4 Å². The van der Waals surface area contributed by atoms with E-state index < -0.39 is 20.0 Å². The van der Waals surface area contributed by atoms with E-state index in [2.05, 4.69) is 25.4 Å². The molecule has 356 valence electrons. The number of sulfonamides is 2. The molecule has 18 heteroatoms. The summed E-state index contributed by atoms with van der Waals surface area (Å²) in [6.45, 7) is 5.19. The SMILES string of the molecule is C[C@@H](NC(=O)C1CCC(NS(=O)(=O)c2ccc(N)cc2)CC1)c1ccc(F)cc1.C[C@@H](NC(=O)C1CCC(NS(=O)(=O)c2ccc(NC(=O)N3CCCCC3)cc2)CC1)c1ccc(F)cc1. The second-order valence-electron chi connectivity index (χ2n) is 17.5. The average Bonchev–Trinajstić information content (AvgIpc) is 3.30. The first-order chi connectivity index (χ1) is 31.5. The number of nitrogen functional groups attached to an aromatic ring is 1. The second kappa shape index (κ2) is 22.8. The Morgan fingerprint density at radius 1 is 0.561 bits per heavy atom. The van der Waals surface area contributed by atoms with E-state index in [-0.39, 0.29) is 75.3 Å². The Morgan fingerprint density at radius 3 is 1.33 bits per heavy atom. The Labute approximate surface area is 387 Å². The fourth-order valence-electron chi connectivity index (χ4n) is 8.52. The van der Waals surface area contributed by atoms with E-state index in [1.807, 2.05) is 13.8 Å². The molecule has 4 aromatic rings. The number of hydrogen-bond acceptors (Lipinski definition) is 8. The molecule has 0 spiro atoms. The van der Waals surface area contributed by atoms with Crippen LogP contribution in [0.25, 0.3) is 0 Å². The summed E-state index contributed by atoms with van der Waals surface area (Å²) in [7, 11) is -7.34. The van der Waals surface area contributed by atoms with Gasteiger partial charge in [-0.1, -0.05) is 24.3 Å². The minimum absolute atomic E-state index is 0.0540. The number of likely N-dealkylation sites (tertiary alicyclic amines) is 1. The van der Waals surface area contributed by atoms with Crippen LogP contribution >= 0.6 is 0 Å². The molecule has 0 unspecified atom stereocenters. The maximum atomic E-state index is 13.1. The highest BCUT2D eigenvalue weighted by atomic mass is 32.2. The third-order valence-electron chi connectivity index (χ3n) is 12.5. The number of hydrogen-bond donors (Lipinski definition) is 6. The fraction of sp³-hybridized carbons (Fsp3) is 0.438. The molecule has 4 aromatic carbocycles. The summed E-state index contributed by atoms with van der Waals surface area (Å²) < 4.78 is 82.5. The van der Waals surface area contributed by atoms with Crippen molar-refractivity contribution in [2.24, 2.45) is 11.8 Å². The first-order valence-corrected chi connectivity index (χ1v) is 25.6. The zero-order chi connectivity index (χ0) is 47.4. The molecule has 3 fully saturated rings. The Hall–Kier alpha value is -5.43. The largest absolute Gasteiger partial charge is 0.399 e. The van der Waals surface area contributed by atoms with Gasteiger partial charge in [0, 0.05) is 48.4 Å². The number of halogens is 2. The molecule has 7 rings (SSSR count). The predicted molar refractivity (Wildman–Crippen MR) is 250 cm³/mol. The summed E-state index contributed by atoms with van der Waals surface area (Å²) >= 11 is 0. The van der Waals surface area contributed by atoms with Crippen LogP contribution in [-0.2, 0) is 29.6 Å². The van der Waals surface area contributed by atoms with Crippen molar-refractivity contribution in [3.8, 4) is 0 Å². The van der Waals surface area contributed by atoms with Gasteiger partial charge in [0.2, 0.25) is 31.9 Å². The van der Waals surface area contributed by atoms with Crippen molar-refractivity contribution < 1.29 is 40.0 Å². The smallest absolute Gasteiger partial charge is 0.321 e. The van der Waals surface area contributed by atoms with Crippen molar-refractivity contribution in [2.75, 3.05) is 24.1 Å². The molecule has 1 saturated heterocycles. The normalized spacial score (nSPS) is 21.0. The van der Waals surface area contributed by atoms with Gasteiger partial charge in [0.05, 0.1) is 21.9 Å². The highest BCUT2D eigenvalue weighted by Crippen LogP contribution is 2.29. The maximum absolute atomic E-state index is 13.1. The van der Waals surface area contributed by atoms with Gasteiger partial charge >= 0.3 is 6.03 Å². The molecule has 0 bridgehead atoms. The van der Waals surface area contributed by atoms with E-state index in [0.29, 0.717) is 62.7 Å². The predicted octanol–water partition coefficient (Wildman–Crippen LogP) is 7.68. The molecule has 66 heavy (non-hydrogen) atoms. The standard InChI is InChI=1S/C27H35FN4O4S.C21H26FN3O3S/c1-19(20-5-9-22(28)10-6-20)29-26(33)21-7-11-24(12-8-21)31-37(35,36)25-15-13-23(14-16-25)30-27(34)32-17-3-2-4-18-32;1-14(15-2-6-17(22)7-3-15)24-21(26)16-4-10-19(11-5-16)25-29(27,28)20-12-8-18(23)9-13-20/h5-6,9-10,13-16,19,21,24,31H,2-4,7-8,11-12,17-18H2,1H3,(H,29,33)(H,30,34);2-3,6-9,12-14,16,19,25H,4-5,10-11,23H2,1H3,(H,24,26)/t19-,21?,24?;14-,16?,19?/m11/s1. The molecule has 3 aliphatic rings. The van der Waals surface area contributed by atoms with Crippen LogP contribution < -0.4 is 31.1 Å². The third kappa shape index (κ3) is 14.3.